The van der Waals surface area contributed by atoms with Crippen LogP contribution in [0.15, 0.2) is 60.7 Å². The number of benzene rings is 3. The van der Waals surface area contributed by atoms with Crippen molar-refractivity contribution in [2.45, 2.75) is 19.3 Å². The summed E-state index contributed by atoms with van der Waals surface area (Å²) in [5, 5.41) is 35.7. The first kappa shape index (κ1) is 25.4. The Bertz CT molecular complexity index is 1730. The Hall–Kier alpha value is -5.21. The highest BCUT2D eigenvalue weighted by molar-refractivity contribution is 6.04. The lowest BCUT2D eigenvalue weighted by atomic mass is 9.71. The second kappa shape index (κ2) is 10.6. The van der Waals surface area contributed by atoms with E-state index in [0.29, 0.717) is 33.5 Å². The van der Waals surface area contributed by atoms with Crippen LogP contribution in [0.3, 0.4) is 0 Å². The summed E-state index contributed by atoms with van der Waals surface area (Å²) < 4.78 is 20.1. The average Bonchev–Trinajstić information content (AvgIpc) is 3.31. The highest BCUT2D eigenvalue weighted by atomic mass is 19.1. The monoisotopic (exact) mass is 518 g/mol. The molecule has 0 radical (unpaired) electrons. The summed E-state index contributed by atoms with van der Waals surface area (Å²) in [6.45, 7) is 0. The van der Waals surface area contributed by atoms with Crippen molar-refractivity contribution < 1.29 is 19.0 Å². The number of nitrogens with zero attached hydrogens (tertiary/aromatic N) is 3. The van der Waals surface area contributed by atoms with Gasteiger partial charge in [0.2, 0.25) is 5.95 Å². The van der Waals surface area contributed by atoms with Gasteiger partial charge < -0.3 is 9.84 Å². The van der Waals surface area contributed by atoms with Gasteiger partial charge >= 0.3 is 5.97 Å². The van der Waals surface area contributed by atoms with Gasteiger partial charge in [0.15, 0.2) is 0 Å². The molecule has 0 bridgehead atoms. The van der Waals surface area contributed by atoms with E-state index in [9.17, 15) is 19.7 Å². The molecule has 0 atom stereocenters. The summed E-state index contributed by atoms with van der Waals surface area (Å²) in [7, 11) is 1.54. The summed E-state index contributed by atoms with van der Waals surface area (Å²) in [6.07, 6.45) is 5.39. The quantitative estimate of drug-likeness (QED) is 0.218. The number of nitrogens with one attached hydrogen (secondary N) is 1. The molecule has 0 spiro atoms. The Labute approximate surface area is 224 Å². The van der Waals surface area contributed by atoms with Crippen molar-refractivity contribution in [1.82, 2.24) is 10.2 Å². The molecule has 8 heteroatoms. The normalized spacial score (nSPS) is 13.9. The zero-order chi connectivity index (χ0) is 27.5. The Morgan fingerprint density at radius 3 is 2.46 bits per heavy atom. The van der Waals surface area contributed by atoms with Crippen molar-refractivity contribution >= 4 is 34.1 Å². The van der Waals surface area contributed by atoms with Crippen LogP contribution < -0.4 is 4.74 Å². The van der Waals surface area contributed by atoms with Gasteiger partial charge in [-0.3, -0.25) is 5.10 Å². The molecule has 7 nitrogen and oxygen atoms in total. The fraction of sp³-hybridized carbons (Fsp3) is 0.161. The van der Waals surface area contributed by atoms with E-state index in [1.807, 2.05) is 18.2 Å². The molecule has 0 saturated heterocycles. The third-order valence-electron chi connectivity index (χ3n) is 7.11. The molecule has 4 aromatic rings. The molecule has 39 heavy (non-hydrogen) atoms. The fourth-order valence-electron chi connectivity index (χ4n) is 5.02. The number of halogens is 1. The minimum absolute atomic E-state index is 0.108. The Morgan fingerprint density at radius 1 is 1.10 bits per heavy atom. The van der Waals surface area contributed by atoms with E-state index < -0.39 is 11.9 Å². The minimum atomic E-state index is -1.05. The summed E-state index contributed by atoms with van der Waals surface area (Å²) in [4.78, 5) is 11.0. The van der Waals surface area contributed by atoms with Crippen molar-refractivity contribution in [1.29, 1.82) is 10.5 Å². The van der Waals surface area contributed by atoms with E-state index in [-0.39, 0.29) is 16.9 Å². The number of allylic oxidation sites excluding steroid dienone is 1. The number of aromatic nitrogens is 2. The molecule has 1 aromatic heterocycles. The third kappa shape index (κ3) is 4.76. The number of hydrogen-bond acceptors (Lipinski definition) is 5. The van der Waals surface area contributed by atoms with Gasteiger partial charge in [-0.2, -0.15) is 14.9 Å². The Morgan fingerprint density at radius 2 is 1.85 bits per heavy atom. The average molecular weight is 519 g/mol. The van der Waals surface area contributed by atoms with Crippen LogP contribution in [0.2, 0.25) is 0 Å². The number of hydrogen-bond donors (Lipinski definition) is 2. The van der Waals surface area contributed by atoms with Gasteiger partial charge in [-0.25, -0.2) is 4.79 Å². The molecule has 0 aliphatic heterocycles. The number of aromatic amines is 1. The van der Waals surface area contributed by atoms with E-state index in [4.69, 9.17) is 9.84 Å². The van der Waals surface area contributed by atoms with Crippen LogP contribution in [0.5, 0.6) is 5.75 Å². The summed E-state index contributed by atoms with van der Waals surface area (Å²) in [5.74, 6) is -1.14. The maximum atomic E-state index is 14.8. The van der Waals surface area contributed by atoms with Gasteiger partial charge in [0, 0.05) is 11.6 Å². The van der Waals surface area contributed by atoms with Crippen molar-refractivity contribution in [3.05, 3.63) is 100 Å². The largest absolute Gasteiger partial charge is 0.497 e. The number of carbonyl (C=O) groups is 1. The molecule has 1 aliphatic rings. The molecule has 0 amide bonds. The number of methoxy groups -OCH3 is 1. The van der Waals surface area contributed by atoms with Gasteiger partial charge in [0.05, 0.1) is 35.2 Å². The van der Waals surface area contributed by atoms with Crippen molar-refractivity contribution in [3.63, 3.8) is 0 Å². The van der Waals surface area contributed by atoms with Gasteiger partial charge in [-0.15, -0.1) is 5.10 Å². The SMILES string of the molecule is COc1ccc(C(=C(c2ccc(C=CC(=O)O)cc2)c2ccc3[nH]nc(F)c3c2C#N)C2CCC2)c(C#N)c1. The standard InChI is InChI=1S/C31H23FN4O3/c1-39-22-10-11-23(21(15-22)16-33)28(19-3-2-4-19)29(20-8-5-18(6-9-20)7-14-27(37)38)24-12-13-26-30(25(24)17-34)31(32)36-35-26/h5-15,19H,2-4H2,1H3,(H,35,36)(H,37,38). The second-order valence-corrected chi connectivity index (χ2v) is 9.27. The van der Waals surface area contributed by atoms with E-state index in [1.54, 1.807) is 43.5 Å². The molecule has 1 aliphatic carbocycles. The first-order valence-corrected chi connectivity index (χ1v) is 12.4. The molecular weight excluding hydrogens is 495 g/mol. The predicted octanol–water partition coefficient (Wildman–Crippen LogP) is 6.31. The smallest absolute Gasteiger partial charge is 0.328 e. The van der Waals surface area contributed by atoms with Crippen molar-refractivity contribution in [2.75, 3.05) is 7.11 Å². The van der Waals surface area contributed by atoms with Crippen LogP contribution in [0, 0.1) is 34.5 Å². The fourth-order valence-corrected chi connectivity index (χ4v) is 5.02. The molecule has 1 fully saturated rings. The van der Waals surface area contributed by atoms with Crippen LogP contribution in [0.25, 0.3) is 28.1 Å². The van der Waals surface area contributed by atoms with E-state index in [2.05, 4.69) is 22.3 Å². The highest BCUT2D eigenvalue weighted by Gasteiger charge is 2.30. The van der Waals surface area contributed by atoms with Crippen LogP contribution in [0.1, 0.15) is 52.6 Å². The molecule has 3 aromatic carbocycles. The minimum Gasteiger partial charge on any atom is -0.497 e. The molecule has 1 saturated carbocycles. The first-order chi connectivity index (χ1) is 18.9. The zero-order valence-corrected chi connectivity index (χ0v) is 21.0. The Kier molecular flexibility index (Phi) is 6.94. The second-order valence-electron chi connectivity index (χ2n) is 9.27. The topological polar surface area (TPSA) is 123 Å². The number of rotatable bonds is 7. The van der Waals surface area contributed by atoms with Gasteiger partial charge in [-0.05, 0) is 76.9 Å². The summed E-state index contributed by atoms with van der Waals surface area (Å²) >= 11 is 0. The number of H-pyrrole nitrogens is 1. The lowest BCUT2D eigenvalue weighted by Gasteiger charge is -2.32. The van der Waals surface area contributed by atoms with Gasteiger partial charge in [0.1, 0.15) is 11.8 Å². The van der Waals surface area contributed by atoms with Crippen molar-refractivity contribution in [3.8, 4) is 17.9 Å². The van der Waals surface area contributed by atoms with E-state index in [1.165, 1.54) is 6.08 Å². The lowest BCUT2D eigenvalue weighted by Crippen LogP contribution is -2.16. The number of carboxylic acid groups (broad SMARTS) is 1. The number of fused-ring (bicyclic) bond motifs is 1. The third-order valence-corrected chi connectivity index (χ3v) is 7.11. The predicted molar refractivity (Wildman–Crippen MR) is 145 cm³/mol. The van der Waals surface area contributed by atoms with Crippen LogP contribution in [-0.2, 0) is 4.79 Å². The summed E-state index contributed by atoms with van der Waals surface area (Å²) in [5.41, 5.74) is 5.30. The van der Waals surface area contributed by atoms with Crippen LogP contribution >= 0.6 is 0 Å². The molecule has 1 heterocycles. The molecule has 192 valence electrons. The Balaban J connectivity index is 1.86. The molecular formula is C31H23FN4O3. The highest BCUT2D eigenvalue weighted by Crippen LogP contribution is 2.47. The maximum Gasteiger partial charge on any atom is 0.328 e. The van der Waals surface area contributed by atoms with Crippen LogP contribution in [0.4, 0.5) is 4.39 Å². The molecule has 2 N–H and O–H groups in total. The van der Waals surface area contributed by atoms with Crippen LogP contribution in [-0.4, -0.2) is 28.4 Å². The number of carboxylic acids is 1. The van der Waals surface area contributed by atoms with E-state index >= 15 is 0 Å². The zero-order valence-electron chi connectivity index (χ0n) is 21.0. The van der Waals surface area contributed by atoms with Gasteiger partial charge in [0.25, 0.3) is 0 Å². The maximum absolute atomic E-state index is 14.8. The van der Waals surface area contributed by atoms with E-state index in [0.717, 1.165) is 42.0 Å². The van der Waals surface area contributed by atoms with Crippen molar-refractivity contribution in [2.24, 2.45) is 5.92 Å². The first-order valence-electron chi connectivity index (χ1n) is 12.4. The van der Waals surface area contributed by atoms with Gasteiger partial charge in [-0.1, -0.05) is 36.8 Å². The number of aliphatic carboxylic acids is 1. The molecule has 5 rings (SSSR count). The molecule has 0 unspecified atom stereocenters. The lowest BCUT2D eigenvalue weighted by molar-refractivity contribution is -0.131. The number of nitriles is 2. The number of ether oxygens (including phenoxy) is 1. The summed E-state index contributed by atoms with van der Waals surface area (Å²) in [6, 6.07) is 20.6.